The Balaban J connectivity index is 2.83. The average Bonchev–Trinajstić information content (AvgIpc) is 2.52. The molecule has 5 nitrogen and oxygen atoms in total. The summed E-state index contributed by atoms with van der Waals surface area (Å²) in [5.41, 5.74) is 0.948. The first-order valence-electron chi connectivity index (χ1n) is 7.63. The van der Waals surface area contributed by atoms with Crippen molar-refractivity contribution in [2.75, 3.05) is 5.75 Å². The number of nitrogens with zero attached hydrogens (tertiary/aromatic N) is 1. The van der Waals surface area contributed by atoms with E-state index < -0.39 is 10.1 Å². The van der Waals surface area contributed by atoms with Gasteiger partial charge in [0.05, 0.1) is 5.75 Å². The number of hydrogen-bond donors (Lipinski definition) is 0. The van der Waals surface area contributed by atoms with E-state index in [1.807, 2.05) is 25.7 Å². The molecule has 0 aliphatic rings. The Morgan fingerprint density at radius 2 is 1.77 bits per heavy atom. The molecule has 124 valence electrons. The van der Waals surface area contributed by atoms with Gasteiger partial charge in [0.1, 0.15) is 5.75 Å². The Hall–Kier alpha value is -1.56. The minimum absolute atomic E-state index is 0.0679. The van der Waals surface area contributed by atoms with Crippen LogP contribution < -0.4 is 4.18 Å². The van der Waals surface area contributed by atoms with Crippen molar-refractivity contribution in [2.24, 2.45) is 0 Å². The van der Waals surface area contributed by atoms with Gasteiger partial charge in [0.15, 0.2) is 0 Å². The molecule has 0 aliphatic carbocycles. The van der Waals surface area contributed by atoms with Gasteiger partial charge in [-0.1, -0.05) is 26.0 Å². The van der Waals surface area contributed by atoms with Crippen molar-refractivity contribution in [3.63, 3.8) is 0 Å². The zero-order valence-corrected chi connectivity index (χ0v) is 14.5. The highest BCUT2D eigenvalue weighted by atomic mass is 32.2. The van der Waals surface area contributed by atoms with E-state index in [0.29, 0.717) is 18.7 Å². The van der Waals surface area contributed by atoms with Crippen LogP contribution in [0.5, 0.6) is 5.75 Å². The molecule has 1 aromatic rings. The second kappa shape index (κ2) is 8.17. The van der Waals surface area contributed by atoms with Crippen LogP contribution in [0.4, 0.5) is 0 Å². The molecule has 0 saturated heterocycles. The summed E-state index contributed by atoms with van der Waals surface area (Å²) in [6.45, 7) is 7.98. The minimum Gasteiger partial charge on any atom is -0.382 e. The third kappa shape index (κ3) is 5.33. The van der Waals surface area contributed by atoms with Gasteiger partial charge < -0.3 is 9.08 Å². The summed E-state index contributed by atoms with van der Waals surface area (Å²) in [4.78, 5) is 13.9. The fraction of sp³-hybridized carbons (Fsp3) is 0.562. The highest BCUT2D eigenvalue weighted by Gasteiger charge is 2.17. The van der Waals surface area contributed by atoms with Gasteiger partial charge in [-0.25, -0.2) is 0 Å². The fourth-order valence-electron chi connectivity index (χ4n) is 1.97. The summed E-state index contributed by atoms with van der Waals surface area (Å²) < 4.78 is 27.8. The van der Waals surface area contributed by atoms with Crippen molar-refractivity contribution in [1.82, 2.24) is 4.90 Å². The Bertz CT molecular complexity index is 581. The predicted octanol–water partition coefficient (Wildman–Crippen LogP) is 2.95. The van der Waals surface area contributed by atoms with Gasteiger partial charge in [-0.2, -0.15) is 8.42 Å². The topological polar surface area (TPSA) is 63.7 Å². The summed E-state index contributed by atoms with van der Waals surface area (Å²) in [5, 5.41) is 0. The number of carbonyl (C=O) groups is 1. The third-order valence-corrected chi connectivity index (χ3v) is 4.75. The van der Waals surface area contributed by atoms with Crippen LogP contribution in [0.25, 0.3) is 0 Å². The van der Waals surface area contributed by atoms with Gasteiger partial charge in [0, 0.05) is 19.0 Å². The minimum atomic E-state index is -3.51. The molecular weight excluding hydrogens is 302 g/mol. The van der Waals surface area contributed by atoms with Crippen molar-refractivity contribution in [3.05, 3.63) is 29.8 Å². The van der Waals surface area contributed by atoms with E-state index in [0.717, 1.165) is 12.0 Å². The van der Waals surface area contributed by atoms with Crippen molar-refractivity contribution in [1.29, 1.82) is 0 Å². The SMILES string of the molecule is CCC(=O)N(Cc1ccc(OS(=O)(=O)CC)cc1)[C@@H](C)CC. The van der Waals surface area contributed by atoms with Crippen LogP contribution in [0.3, 0.4) is 0 Å². The first kappa shape index (κ1) is 18.5. The van der Waals surface area contributed by atoms with E-state index in [4.69, 9.17) is 4.18 Å². The number of amides is 1. The van der Waals surface area contributed by atoms with Crippen LogP contribution >= 0.6 is 0 Å². The molecule has 0 N–H and O–H groups in total. The molecule has 6 heteroatoms. The van der Waals surface area contributed by atoms with Gasteiger partial charge in [0.2, 0.25) is 5.91 Å². The first-order chi connectivity index (χ1) is 10.3. The third-order valence-electron chi connectivity index (χ3n) is 3.60. The molecule has 0 aliphatic heterocycles. The normalized spacial score (nSPS) is 12.7. The Labute approximate surface area is 133 Å². The van der Waals surface area contributed by atoms with Crippen LogP contribution in [0.1, 0.15) is 46.1 Å². The first-order valence-corrected chi connectivity index (χ1v) is 9.21. The summed E-state index contributed by atoms with van der Waals surface area (Å²) >= 11 is 0. The van der Waals surface area contributed by atoms with Crippen LogP contribution in [0.2, 0.25) is 0 Å². The van der Waals surface area contributed by atoms with E-state index in [9.17, 15) is 13.2 Å². The lowest BCUT2D eigenvalue weighted by Crippen LogP contribution is -2.37. The molecule has 0 heterocycles. The van der Waals surface area contributed by atoms with Crippen LogP contribution in [-0.2, 0) is 21.5 Å². The van der Waals surface area contributed by atoms with Gasteiger partial charge in [-0.15, -0.1) is 0 Å². The Morgan fingerprint density at radius 3 is 2.23 bits per heavy atom. The maximum Gasteiger partial charge on any atom is 0.308 e. The van der Waals surface area contributed by atoms with Gasteiger partial charge in [0.25, 0.3) is 0 Å². The zero-order valence-electron chi connectivity index (χ0n) is 13.7. The lowest BCUT2D eigenvalue weighted by molar-refractivity contribution is -0.133. The molecule has 0 fully saturated rings. The number of benzene rings is 1. The largest absolute Gasteiger partial charge is 0.382 e. The van der Waals surface area contributed by atoms with Gasteiger partial charge in [-0.3, -0.25) is 4.79 Å². The number of hydrogen-bond acceptors (Lipinski definition) is 4. The molecule has 0 bridgehead atoms. The van der Waals surface area contributed by atoms with E-state index in [2.05, 4.69) is 0 Å². The smallest absolute Gasteiger partial charge is 0.308 e. The quantitative estimate of drug-likeness (QED) is 0.689. The average molecular weight is 327 g/mol. The Kier molecular flexibility index (Phi) is 6.87. The van der Waals surface area contributed by atoms with Gasteiger partial charge in [-0.05, 0) is 38.0 Å². The number of rotatable bonds is 8. The fourth-order valence-corrected chi connectivity index (χ4v) is 2.49. The molecule has 0 radical (unpaired) electrons. The number of carbonyl (C=O) groups excluding carboxylic acids is 1. The van der Waals surface area contributed by atoms with Gasteiger partial charge >= 0.3 is 10.1 Å². The maximum absolute atomic E-state index is 12.0. The van der Waals surface area contributed by atoms with Crippen molar-refractivity contribution in [3.8, 4) is 5.75 Å². The molecule has 0 aromatic heterocycles. The second-order valence-corrected chi connectivity index (χ2v) is 7.07. The standard InChI is InChI=1S/C16H25NO4S/c1-5-13(4)17(16(18)6-2)12-14-8-10-15(11-9-14)21-22(19,20)7-3/h8-11,13H,5-7,12H2,1-4H3/t13-/m0/s1. The molecule has 1 aromatic carbocycles. The van der Waals surface area contributed by atoms with Crippen LogP contribution in [-0.4, -0.2) is 31.0 Å². The highest BCUT2D eigenvalue weighted by Crippen LogP contribution is 2.18. The van der Waals surface area contributed by atoms with E-state index in [1.54, 1.807) is 24.3 Å². The Morgan fingerprint density at radius 1 is 1.18 bits per heavy atom. The molecule has 1 amide bonds. The molecule has 0 saturated carbocycles. The molecule has 0 unspecified atom stereocenters. The molecule has 1 atom stereocenters. The zero-order chi connectivity index (χ0) is 16.8. The molecule has 1 rings (SSSR count). The summed E-state index contributed by atoms with van der Waals surface area (Å²) in [6, 6.07) is 6.99. The highest BCUT2D eigenvalue weighted by molar-refractivity contribution is 7.87. The monoisotopic (exact) mass is 327 g/mol. The molecular formula is C16H25NO4S. The van der Waals surface area contributed by atoms with Crippen LogP contribution in [0, 0.1) is 0 Å². The van der Waals surface area contributed by atoms with Crippen molar-refractivity contribution >= 4 is 16.0 Å². The summed E-state index contributed by atoms with van der Waals surface area (Å²) in [5.74, 6) is 0.340. The van der Waals surface area contributed by atoms with Crippen molar-refractivity contribution in [2.45, 2.75) is 53.1 Å². The van der Waals surface area contributed by atoms with E-state index in [1.165, 1.54) is 6.92 Å². The predicted molar refractivity (Wildman–Crippen MR) is 87.1 cm³/mol. The molecule has 22 heavy (non-hydrogen) atoms. The molecule has 0 spiro atoms. The lowest BCUT2D eigenvalue weighted by Gasteiger charge is -2.28. The summed E-state index contributed by atoms with van der Waals surface area (Å²) in [6.07, 6.45) is 1.36. The van der Waals surface area contributed by atoms with E-state index in [-0.39, 0.29) is 17.7 Å². The van der Waals surface area contributed by atoms with Crippen LogP contribution in [0.15, 0.2) is 24.3 Å². The van der Waals surface area contributed by atoms with Crippen molar-refractivity contribution < 1.29 is 17.4 Å². The second-order valence-electron chi connectivity index (χ2n) is 5.21. The summed E-state index contributed by atoms with van der Waals surface area (Å²) in [7, 11) is -3.51. The maximum atomic E-state index is 12.0. The van der Waals surface area contributed by atoms with E-state index >= 15 is 0 Å². The lowest BCUT2D eigenvalue weighted by atomic mass is 10.1.